The number of hydrogen-bond acceptors (Lipinski definition) is 5. The molecule has 34 heavy (non-hydrogen) atoms. The normalized spacial score (nSPS) is 14.4. The molecule has 0 amide bonds. The molecular formula is C27H25FN2O3S. The molecular weight excluding hydrogens is 451 g/mol. The Bertz CT molecular complexity index is 1330. The Kier molecular flexibility index (Phi) is 6.28. The van der Waals surface area contributed by atoms with Crippen molar-refractivity contribution >= 4 is 33.3 Å². The van der Waals surface area contributed by atoms with Crippen molar-refractivity contribution in [3.05, 3.63) is 82.1 Å². The van der Waals surface area contributed by atoms with Gasteiger partial charge in [0.05, 0.1) is 11.4 Å². The van der Waals surface area contributed by atoms with Crippen molar-refractivity contribution in [1.29, 1.82) is 0 Å². The van der Waals surface area contributed by atoms with Gasteiger partial charge in [-0.15, -0.1) is 11.3 Å². The number of aryl methyl sites for hydroxylation is 1. The van der Waals surface area contributed by atoms with Crippen LogP contribution in [-0.2, 0) is 4.74 Å². The maximum atomic E-state index is 13.3. The molecule has 7 heteroatoms. The van der Waals surface area contributed by atoms with Gasteiger partial charge >= 0.3 is 5.97 Å². The number of ether oxygens (including phenoxy) is 1. The molecule has 1 saturated carbocycles. The predicted octanol–water partition coefficient (Wildman–Crippen LogP) is 6.62. The minimum Gasteiger partial charge on any atom is -0.453 e. The lowest BCUT2D eigenvalue weighted by Gasteiger charge is -2.22. The van der Waals surface area contributed by atoms with Gasteiger partial charge in [-0.2, -0.15) is 5.10 Å². The standard InChI is InChI=1S/C27H25FN2O3S/c1-17-23-15-25(34-26(23)30(29-17)22-13-11-21(28)12-14-22)27(32)33-16-24(31)20-9-7-19(8-10-20)18-5-3-2-4-6-18/h7-15,18H,2-6,16H2,1H3. The molecule has 0 radical (unpaired) electrons. The first kappa shape index (κ1) is 22.5. The second-order valence-electron chi connectivity index (χ2n) is 8.76. The lowest BCUT2D eigenvalue weighted by atomic mass is 9.84. The highest BCUT2D eigenvalue weighted by atomic mass is 32.1. The van der Waals surface area contributed by atoms with Crippen molar-refractivity contribution in [3.63, 3.8) is 0 Å². The molecule has 1 aliphatic carbocycles. The van der Waals surface area contributed by atoms with E-state index in [4.69, 9.17) is 4.74 Å². The quantitative estimate of drug-likeness (QED) is 0.232. The van der Waals surface area contributed by atoms with Crippen LogP contribution >= 0.6 is 11.3 Å². The minimum atomic E-state index is -0.543. The van der Waals surface area contributed by atoms with Gasteiger partial charge in [0, 0.05) is 10.9 Å². The molecule has 0 bridgehead atoms. The van der Waals surface area contributed by atoms with Crippen LogP contribution in [0.25, 0.3) is 15.9 Å². The van der Waals surface area contributed by atoms with Crippen LogP contribution in [-0.4, -0.2) is 28.1 Å². The largest absolute Gasteiger partial charge is 0.453 e. The zero-order valence-corrected chi connectivity index (χ0v) is 19.7. The third kappa shape index (κ3) is 4.53. The summed E-state index contributed by atoms with van der Waals surface area (Å²) in [6.07, 6.45) is 6.25. The van der Waals surface area contributed by atoms with E-state index in [9.17, 15) is 14.0 Å². The number of esters is 1. The van der Waals surface area contributed by atoms with E-state index in [1.807, 2.05) is 31.2 Å². The maximum Gasteiger partial charge on any atom is 0.348 e. The van der Waals surface area contributed by atoms with Gasteiger partial charge in [-0.25, -0.2) is 13.9 Å². The fourth-order valence-electron chi connectivity index (χ4n) is 4.57. The average Bonchev–Trinajstić information content (AvgIpc) is 3.44. The first-order chi connectivity index (χ1) is 16.5. The number of hydrogen-bond donors (Lipinski definition) is 0. The lowest BCUT2D eigenvalue weighted by Crippen LogP contribution is -2.14. The van der Waals surface area contributed by atoms with E-state index in [1.54, 1.807) is 22.9 Å². The average molecular weight is 477 g/mol. The van der Waals surface area contributed by atoms with Gasteiger partial charge in [0.25, 0.3) is 0 Å². The second-order valence-corrected chi connectivity index (χ2v) is 9.79. The van der Waals surface area contributed by atoms with Crippen LogP contribution in [0.2, 0.25) is 0 Å². The topological polar surface area (TPSA) is 61.2 Å². The monoisotopic (exact) mass is 476 g/mol. The van der Waals surface area contributed by atoms with E-state index < -0.39 is 5.97 Å². The van der Waals surface area contributed by atoms with Crippen molar-refractivity contribution in [2.24, 2.45) is 0 Å². The van der Waals surface area contributed by atoms with Crippen LogP contribution in [0, 0.1) is 12.7 Å². The maximum absolute atomic E-state index is 13.3. The van der Waals surface area contributed by atoms with E-state index in [1.165, 1.54) is 61.1 Å². The fraction of sp³-hybridized carbons (Fsp3) is 0.296. The Labute approximate surface area is 201 Å². The van der Waals surface area contributed by atoms with Gasteiger partial charge in [0.2, 0.25) is 0 Å². The van der Waals surface area contributed by atoms with E-state index in [0.29, 0.717) is 22.0 Å². The summed E-state index contributed by atoms with van der Waals surface area (Å²) in [6, 6.07) is 15.5. The van der Waals surface area contributed by atoms with Crippen molar-refractivity contribution < 1.29 is 18.7 Å². The molecule has 2 aromatic carbocycles. The molecule has 4 aromatic rings. The Morgan fingerprint density at radius 1 is 1.06 bits per heavy atom. The van der Waals surface area contributed by atoms with Gasteiger partial charge in [0.1, 0.15) is 15.5 Å². The zero-order chi connectivity index (χ0) is 23.7. The van der Waals surface area contributed by atoms with Crippen LogP contribution in [0.5, 0.6) is 0 Å². The number of benzene rings is 2. The summed E-state index contributed by atoms with van der Waals surface area (Å²) in [5.41, 5.74) is 3.28. The Hall–Kier alpha value is -3.32. The highest BCUT2D eigenvalue weighted by Gasteiger charge is 2.20. The van der Waals surface area contributed by atoms with E-state index in [0.717, 1.165) is 15.9 Å². The molecule has 2 heterocycles. The fourth-order valence-corrected chi connectivity index (χ4v) is 5.64. The highest BCUT2D eigenvalue weighted by molar-refractivity contribution is 7.20. The molecule has 5 nitrogen and oxygen atoms in total. The minimum absolute atomic E-state index is 0.224. The second kappa shape index (κ2) is 9.50. The van der Waals surface area contributed by atoms with Gasteiger partial charge in [-0.05, 0) is 61.6 Å². The smallest absolute Gasteiger partial charge is 0.348 e. The van der Waals surface area contributed by atoms with E-state index in [-0.39, 0.29) is 18.2 Å². The SMILES string of the molecule is Cc1nn(-c2ccc(F)cc2)c2sc(C(=O)OCC(=O)c3ccc(C4CCCCC4)cc3)cc12. The summed E-state index contributed by atoms with van der Waals surface area (Å²) in [7, 11) is 0. The number of carbonyl (C=O) groups is 2. The summed E-state index contributed by atoms with van der Waals surface area (Å²) >= 11 is 1.24. The van der Waals surface area contributed by atoms with E-state index in [2.05, 4.69) is 5.10 Å². The van der Waals surface area contributed by atoms with E-state index >= 15 is 0 Å². The summed E-state index contributed by atoms with van der Waals surface area (Å²) in [5.74, 6) is -0.512. The molecule has 1 aliphatic rings. The Morgan fingerprint density at radius 2 is 1.76 bits per heavy atom. The van der Waals surface area contributed by atoms with Crippen molar-refractivity contribution in [2.45, 2.75) is 44.9 Å². The summed E-state index contributed by atoms with van der Waals surface area (Å²) in [4.78, 5) is 26.4. The predicted molar refractivity (Wildman–Crippen MR) is 131 cm³/mol. The molecule has 174 valence electrons. The van der Waals surface area contributed by atoms with Crippen LogP contribution in [0.3, 0.4) is 0 Å². The molecule has 5 rings (SSSR count). The molecule has 2 aromatic heterocycles. The number of Topliss-reactive ketones (excluding diaryl/α,β-unsaturated/α-hetero) is 1. The number of fused-ring (bicyclic) bond motifs is 1. The summed E-state index contributed by atoms with van der Waals surface area (Å²) in [6.45, 7) is 1.55. The molecule has 0 N–H and O–H groups in total. The molecule has 0 atom stereocenters. The first-order valence-corrected chi connectivity index (χ1v) is 12.4. The number of carbonyl (C=O) groups excluding carboxylic acids is 2. The molecule has 0 unspecified atom stereocenters. The first-order valence-electron chi connectivity index (χ1n) is 11.5. The van der Waals surface area contributed by atoms with Gasteiger partial charge < -0.3 is 4.74 Å². The number of ketones is 1. The third-order valence-corrected chi connectivity index (χ3v) is 7.55. The molecule has 1 fully saturated rings. The van der Waals surface area contributed by atoms with Gasteiger partial charge in [-0.3, -0.25) is 4.79 Å². The van der Waals surface area contributed by atoms with Gasteiger partial charge in [-0.1, -0.05) is 43.5 Å². The third-order valence-electron chi connectivity index (χ3n) is 6.46. The van der Waals surface area contributed by atoms with Crippen LogP contribution in [0.4, 0.5) is 4.39 Å². The Morgan fingerprint density at radius 3 is 2.47 bits per heavy atom. The van der Waals surface area contributed by atoms with Crippen LogP contribution in [0.1, 0.15) is 69.3 Å². The van der Waals surface area contributed by atoms with Crippen LogP contribution in [0.15, 0.2) is 54.6 Å². The van der Waals surface area contributed by atoms with Gasteiger partial charge in [0.15, 0.2) is 12.4 Å². The number of thiophene rings is 1. The lowest BCUT2D eigenvalue weighted by molar-refractivity contribution is 0.0479. The molecule has 0 aliphatic heterocycles. The van der Waals surface area contributed by atoms with Crippen molar-refractivity contribution in [3.8, 4) is 5.69 Å². The summed E-state index contributed by atoms with van der Waals surface area (Å²) in [5, 5.41) is 5.33. The number of nitrogens with zero attached hydrogens (tertiary/aromatic N) is 2. The van der Waals surface area contributed by atoms with Crippen molar-refractivity contribution in [2.75, 3.05) is 6.61 Å². The molecule has 0 spiro atoms. The van der Waals surface area contributed by atoms with Crippen LogP contribution < -0.4 is 0 Å². The number of rotatable bonds is 6. The highest BCUT2D eigenvalue weighted by Crippen LogP contribution is 2.33. The number of halogens is 1. The Balaban J connectivity index is 1.26. The zero-order valence-electron chi connectivity index (χ0n) is 18.9. The number of aromatic nitrogens is 2. The van der Waals surface area contributed by atoms with Crippen molar-refractivity contribution in [1.82, 2.24) is 9.78 Å². The summed E-state index contributed by atoms with van der Waals surface area (Å²) < 4.78 is 20.3. The molecule has 0 saturated heterocycles.